The van der Waals surface area contributed by atoms with Crippen molar-refractivity contribution in [1.82, 2.24) is 15.3 Å². The zero-order chi connectivity index (χ0) is 25.5. The molecule has 0 aliphatic rings. The Balaban J connectivity index is 1.49. The highest BCUT2D eigenvalue weighted by Crippen LogP contribution is 2.22. The molecule has 0 aliphatic carbocycles. The number of carbonyl (C=O) groups excluding carboxylic acids is 1. The number of terminal acetylenes is 1. The number of amidine groups is 1. The highest BCUT2D eigenvalue weighted by molar-refractivity contribution is 5.95. The fraction of sp³-hybridized carbons (Fsp3) is 0.233. The molecule has 1 heterocycles. The molecule has 0 bridgehead atoms. The third-order valence-electron chi connectivity index (χ3n) is 6.20. The number of imidazole rings is 1. The molecule has 1 aromatic heterocycles. The molecule has 3 aromatic carbocycles. The predicted octanol–water partition coefficient (Wildman–Crippen LogP) is 3.56. The van der Waals surface area contributed by atoms with Crippen molar-refractivity contribution in [2.24, 2.45) is 11.7 Å². The Kier molecular flexibility index (Phi) is 7.82. The fourth-order valence-electron chi connectivity index (χ4n) is 3.97. The van der Waals surface area contributed by atoms with E-state index in [0.717, 1.165) is 52.3 Å². The number of hydrogen-bond donors (Lipinski definition) is 4. The minimum atomic E-state index is -0.261. The molecule has 0 aliphatic heterocycles. The van der Waals surface area contributed by atoms with E-state index in [4.69, 9.17) is 17.1 Å². The Labute approximate surface area is 212 Å². The van der Waals surface area contributed by atoms with Gasteiger partial charge in [0.15, 0.2) is 0 Å². The Morgan fingerprint density at radius 3 is 2.36 bits per heavy atom. The van der Waals surface area contributed by atoms with Gasteiger partial charge in [-0.3, -0.25) is 15.5 Å². The Bertz CT molecular complexity index is 1360. The molecule has 182 valence electrons. The number of nitrogens with two attached hydrogens (primary N) is 1. The second-order valence-electron chi connectivity index (χ2n) is 9.14. The topological polar surface area (TPSA) is 97.8 Å². The van der Waals surface area contributed by atoms with Crippen molar-refractivity contribution in [1.29, 1.82) is 0 Å². The van der Waals surface area contributed by atoms with E-state index in [2.05, 4.69) is 35.1 Å². The van der Waals surface area contributed by atoms with E-state index in [9.17, 15) is 4.79 Å². The van der Waals surface area contributed by atoms with Gasteiger partial charge < -0.3 is 10.3 Å². The molecule has 0 radical (unpaired) electrons. The first kappa shape index (κ1) is 24.7. The van der Waals surface area contributed by atoms with E-state index in [-0.39, 0.29) is 17.9 Å². The van der Waals surface area contributed by atoms with E-state index in [1.807, 2.05) is 72.8 Å². The first-order chi connectivity index (χ1) is 17.4. The molecule has 1 atom stereocenters. The van der Waals surface area contributed by atoms with Crippen LogP contribution in [0.15, 0.2) is 72.8 Å². The lowest BCUT2D eigenvalue weighted by atomic mass is 10.0. The number of benzene rings is 3. The van der Waals surface area contributed by atoms with Gasteiger partial charge in [0, 0.05) is 11.1 Å². The minimum absolute atomic E-state index is 0.143. The monoisotopic (exact) mass is 478 g/mol. The second-order valence-corrected chi connectivity index (χ2v) is 9.14. The number of carbonyl (C=O) groups is 1. The third kappa shape index (κ3) is 6.00. The van der Waals surface area contributed by atoms with Gasteiger partial charge in [-0.15, -0.1) is 6.42 Å². The molecular formula is C30H32N5O+. The van der Waals surface area contributed by atoms with Gasteiger partial charge in [0.1, 0.15) is 5.82 Å². The van der Waals surface area contributed by atoms with Crippen LogP contribution in [0.3, 0.4) is 0 Å². The number of aromatic amines is 1. The van der Waals surface area contributed by atoms with Crippen LogP contribution in [-0.2, 0) is 0 Å². The van der Waals surface area contributed by atoms with Crippen LogP contribution >= 0.6 is 0 Å². The van der Waals surface area contributed by atoms with Gasteiger partial charge in [-0.2, -0.15) is 0 Å². The Hall–Kier alpha value is -4.37. The largest absolute Gasteiger partial charge is 0.342 e. The number of para-hydroxylation sites is 2. The second kappa shape index (κ2) is 11.4. The van der Waals surface area contributed by atoms with Crippen LogP contribution < -0.4 is 16.0 Å². The Morgan fingerprint density at radius 2 is 1.72 bits per heavy atom. The van der Waals surface area contributed by atoms with Crippen molar-refractivity contribution in [3.05, 3.63) is 89.7 Å². The molecule has 36 heavy (non-hydrogen) atoms. The quantitative estimate of drug-likeness (QED) is 0.128. The van der Waals surface area contributed by atoms with Crippen LogP contribution in [0.25, 0.3) is 22.2 Å². The summed E-state index contributed by atoms with van der Waals surface area (Å²) >= 11 is 0. The lowest BCUT2D eigenvalue weighted by Crippen LogP contribution is -2.76. The SMILES string of the molecule is C#Cc1ccc(-c2ccc(C(=O)N[C@@H](CCC[NH+]=C(N)C(C)C)c3nc4ccccc4[nH]3)cc2)cc1. The van der Waals surface area contributed by atoms with Gasteiger partial charge in [0.25, 0.3) is 5.91 Å². The van der Waals surface area contributed by atoms with Crippen molar-refractivity contribution < 1.29 is 9.79 Å². The van der Waals surface area contributed by atoms with Gasteiger partial charge in [-0.1, -0.05) is 56.2 Å². The summed E-state index contributed by atoms with van der Waals surface area (Å²) < 4.78 is 0. The standard InChI is InChI=1S/C30H31N5O/c1-4-21-11-13-22(14-12-21)23-15-17-24(18-16-23)30(36)35-27(10-7-19-32-28(31)20(2)3)29-33-25-8-5-6-9-26(25)34-29/h1,5-6,8-9,11-18,20,27H,7,10,19H2,2-3H3,(H2,31,32)(H,33,34)(H,35,36)/p+1/t27-/m0/s1. The van der Waals surface area contributed by atoms with Crippen molar-refractivity contribution in [3.8, 4) is 23.5 Å². The summed E-state index contributed by atoms with van der Waals surface area (Å²) in [4.78, 5) is 24.6. The molecule has 0 saturated heterocycles. The number of fused-ring (bicyclic) bond motifs is 1. The molecule has 1 amide bonds. The van der Waals surface area contributed by atoms with Crippen LogP contribution in [0.5, 0.6) is 0 Å². The number of nitrogens with one attached hydrogen (secondary N) is 3. The van der Waals surface area contributed by atoms with Crippen LogP contribution in [0.1, 0.15) is 54.5 Å². The first-order valence-electron chi connectivity index (χ1n) is 12.2. The molecule has 4 rings (SSSR count). The predicted molar refractivity (Wildman–Crippen MR) is 145 cm³/mol. The summed E-state index contributed by atoms with van der Waals surface area (Å²) in [5, 5.41) is 3.18. The smallest absolute Gasteiger partial charge is 0.251 e. The average Bonchev–Trinajstić information content (AvgIpc) is 3.34. The molecular weight excluding hydrogens is 446 g/mol. The molecule has 6 nitrogen and oxygen atoms in total. The molecule has 0 unspecified atom stereocenters. The van der Waals surface area contributed by atoms with E-state index in [0.29, 0.717) is 12.0 Å². The molecule has 4 aromatic rings. The van der Waals surface area contributed by atoms with E-state index in [1.54, 1.807) is 0 Å². The van der Waals surface area contributed by atoms with E-state index < -0.39 is 0 Å². The normalized spacial score (nSPS) is 12.4. The van der Waals surface area contributed by atoms with Gasteiger partial charge in [-0.05, 0) is 60.4 Å². The summed E-state index contributed by atoms with van der Waals surface area (Å²) in [6, 6.07) is 23.0. The Morgan fingerprint density at radius 1 is 1.06 bits per heavy atom. The third-order valence-corrected chi connectivity index (χ3v) is 6.20. The van der Waals surface area contributed by atoms with Crippen LogP contribution in [0.4, 0.5) is 0 Å². The number of amides is 1. The number of aromatic nitrogens is 2. The summed E-state index contributed by atoms with van der Waals surface area (Å²) in [6.07, 6.45) is 6.98. The molecule has 5 N–H and O–H groups in total. The number of H-pyrrole nitrogens is 1. The van der Waals surface area contributed by atoms with Gasteiger partial charge in [0.05, 0.1) is 29.5 Å². The van der Waals surface area contributed by atoms with Gasteiger partial charge >= 0.3 is 0 Å². The van der Waals surface area contributed by atoms with Gasteiger partial charge in [0.2, 0.25) is 5.84 Å². The van der Waals surface area contributed by atoms with Crippen LogP contribution in [-0.4, -0.2) is 28.3 Å². The lowest BCUT2D eigenvalue weighted by Gasteiger charge is -2.16. The molecule has 0 spiro atoms. The van der Waals surface area contributed by atoms with Crippen LogP contribution in [0.2, 0.25) is 0 Å². The van der Waals surface area contributed by atoms with Crippen LogP contribution in [0, 0.1) is 18.3 Å². The van der Waals surface area contributed by atoms with Crippen molar-refractivity contribution in [3.63, 3.8) is 0 Å². The maximum Gasteiger partial charge on any atom is 0.251 e. The maximum absolute atomic E-state index is 13.2. The minimum Gasteiger partial charge on any atom is -0.342 e. The zero-order valence-corrected chi connectivity index (χ0v) is 20.7. The highest BCUT2D eigenvalue weighted by Gasteiger charge is 2.19. The maximum atomic E-state index is 13.2. The van der Waals surface area contributed by atoms with E-state index in [1.165, 1.54) is 0 Å². The van der Waals surface area contributed by atoms with Crippen molar-refractivity contribution in [2.45, 2.75) is 32.7 Å². The summed E-state index contributed by atoms with van der Waals surface area (Å²) in [7, 11) is 0. The number of nitrogens with zero attached hydrogens (tertiary/aromatic N) is 1. The number of hydrogen-bond acceptors (Lipinski definition) is 2. The zero-order valence-electron chi connectivity index (χ0n) is 20.7. The molecule has 0 saturated carbocycles. The fourth-order valence-corrected chi connectivity index (χ4v) is 3.97. The summed E-state index contributed by atoms with van der Waals surface area (Å²) in [6.45, 7) is 4.83. The lowest BCUT2D eigenvalue weighted by molar-refractivity contribution is -0.461. The first-order valence-corrected chi connectivity index (χ1v) is 12.2. The van der Waals surface area contributed by atoms with Crippen molar-refractivity contribution in [2.75, 3.05) is 6.54 Å². The van der Waals surface area contributed by atoms with Gasteiger partial charge in [-0.25, -0.2) is 4.98 Å². The number of rotatable bonds is 9. The van der Waals surface area contributed by atoms with Crippen molar-refractivity contribution >= 4 is 22.8 Å². The van der Waals surface area contributed by atoms with E-state index >= 15 is 0 Å². The molecule has 0 fully saturated rings. The molecule has 6 heteroatoms. The summed E-state index contributed by atoms with van der Waals surface area (Å²) in [5.41, 5.74) is 11.4. The average molecular weight is 479 g/mol. The highest BCUT2D eigenvalue weighted by atomic mass is 16.1. The summed E-state index contributed by atoms with van der Waals surface area (Å²) in [5.74, 6) is 4.27.